The summed E-state index contributed by atoms with van der Waals surface area (Å²) in [5.74, 6) is -27.1. The van der Waals surface area contributed by atoms with E-state index in [1.807, 2.05) is 5.32 Å². The molecule has 16 atom stereocenters. The van der Waals surface area contributed by atoms with Crippen molar-refractivity contribution in [1.29, 1.82) is 0 Å². The van der Waals surface area contributed by atoms with Crippen LogP contribution in [0, 0.1) is 23.7 Å². The van der Waals surface area contributed by atoms with Gasteiger partial charge in [0, 0.05) is 32.4 Å². The fourth-order valence-electron chi connectivity index (χ4n) is 11.8. The monoisotopic (exact) mass is 1770 g/mol. The first-order chi connectivity index (χ1) is 58.6. The van der Waals surface area contributed by atoms with Gasteiger partial charge in [0.05, 0.1) is 38.9 Å². The van der Waals surface area contributed by atoms with Gasteiger partial charge in [0.25, 0.3) is 0 Å². The molecule has 0 aliphatic heterocycles. The number of benzene rings is 1. The van der Waals surface area contributed by atoms with Crippen molar-refractivity contribution in [2.45, 2.75) is 244 Å². The maximum Gasteiger partial charge on any atom is 0.326 e. The van der Waals surface area contributed by atoms with Crippen molar-refractivity contribution in [2.75, 3.05) is 32.7 Å². The standard InChI is InChI=1S/C76H125N25O24/c1-10-37(6)59(71(121)88-35-56(107)92-49(31-57(108)109)69(119)97-50(32-58(110)111)70(120)100-60(38(7)11-2)72(122)98-48(30-53(80)104)68(118)94-45(74(124)125)21-17-27-86-76(83)84)101-73(123)61(39(8)12-3)99-62(112)40(9)89-67(117)46(28-36(4)5)95-66(116)44(23-25-52(79)103)93-64(114)42(20-16-26-85-75(81)82)91-55(106)34-87-63(113)47(29-41-18-14-13-15-19-41)96-65(115)43(22-24-51(78)102)90-54(105)33-77/h13-15,18-19,36-40,42-50,59-61H,10-12,16-17,20-35,77H2,1-9H3,(H2,78,102)(H2,79,103)(H2,80,104)(H,87,113)(H,88,121)(H,89,117)(H,90,105)(H,91,106)(H,92,107)(H,93,114)(H,94,118)(H,95,116)(H,96,115)(H,97,119)(H,98,122)(H,99,112)(H,100,120)(H,101,123)(H,108,109)(H,110,111)(H,124,125)(H4,81,82,85)(H4,83,84,86)/t37-,38-,39-,40-,42-,43-,44-,45-,46-,47-,48-,49-,50-,59-,60-,61-/m0/s1. The lowest BCUT2D eigenvalue weighted by Crippen LogP contribution is -2.61. The summed E-state index contributed by atoms with van der Waals surface area (Å²) in [6.07, 6.45) is -5.07. The number of hydrogen-bond acceptors (Lipinski definition) is 24. The third-order valence-corrected chi connectivity index (χ3v) is 19.3. The Morgan fingerprint density at radius 1 is 0.352 bits per heavy atom. The minimum absolute atomic E-state index is 0.0169. The largest absolute Gasteiger partial charge is 0.481 e. The van der Waals surface area contributed by atoms with Crippen molar-refractivity contribution in [2.24, 2.45) is 79.5 Å². The van der Waals surface area contributed by atoms with E-state index in [9.17, 15) is 116 Å². The summed E-state index contributed by atoms with van der Waals surface area (Å²) in [4.78, 5) is 288. The average molecular weight is 1770 g/mol. The lowest BCUT2D eigenvalue weighted by Gasteiger charge is -2.30. The lowest BCUT2D eigenvalue weighted by molar-refractivity contribution is -0.143. The summed E-state index contributed by atoms with van der Waals surface area (Å²) in [6, 6.07) is -13.0. The number of aliphatic imine (C=N–C) groups is 2. The number of guanidine groups is 2. The van der Waals surface area contributed by atoms with Gasteiger partial charge >= 0.3 is 17.9 Å². The molecule has 1 rings (SSSR count). The number of hydrogen-bond donors (Lipinski definition) is 26. The predicted molar refractivity (Wildman–Crippen MR) is 446 cm³/mol. The van der Waals surface area contributed by atoms with Gasteiger partial charge in [-0.25, -0.2) is 4.79 Å². The summed E-state index contributed by atoms with van der Waals surface area (Å²) >= 11 is 0. The molecule has 0 heterocycles. The molecule has 125 heavy (non-hydrogen) atoms. The Morgan fingerprint density at radius 3 is 1.14 bits per heavy atom. The first-order valence-electron chi connectivity index (χ1n) is 40.4. The maximum atomic E-state index is 14.4. The average Bonchev–Trinajstić information content (AvgIpc) is 0.851. The molecular weight excluding hydrogens is 1650 g/mol. The van der Waals surface area contributed by atoms with Gasteiger partial charge in [0.1, 0.15) is 78.5 Å². The molecule has 0 saturated heterocycles. The van der Waals surface area contributed by atoms with Crippen LogP contribution in [-0.4, -0.2) is 263 Å². The van der Waals surface area contributed by atoms with Crippen LogP contribution in [0.25, 0.3) is 0 Å². The summed E-state index contributed by atoms with van der Waals surface area (Å²) in [7, 11) is 0. The van der Waals surface area contributed by atoms with E-state index in [1.54, 1.807) is 78.8 Å². The second-order valence-corrected chi connectivity index (χ2v) is 30.1. The molecule has 1 aromatic rings. The smallest absolute Gasteiger partial charge is 0.326 e. The normalized spacial score (nSPS) is 14.7. The zero-order valence-electron chi connectivity index (χ0n) is 71.5. The van der Waals surface area contributed by atoms with Gasteiger partial charge in [-0.05, 0) is 81.1 Å². The number of primary amides is 3. The molecule has 0 bridgehead atoms. The number of nitrogens with zero attached hydrogens (tertiary/aromatic N) is 2. The van der Waals surface area contributed by atoms with Crippen LogP contribution in [0.1, 0.15) is 164 Å². The summed E-state index contributed by atoms with van der Waals surface area (Å²) in [5.41, 5.74) is 43.7. The third kappa shape index (κ3) is 43.8. The zero-order valence-corrected chi connectivity index (χ0v) is 71.5. The summed E-state index contributed by atoms with van der Waals surface area (Å²) in [5, 5.41) is 65.0. The van der Waals surface area contributed by atoms with E-state index in [0.717, 1.165) is 0 Å². The first-order valence-corrected chi connectivity index (χ1v) is 40.4. The first kappa shape index (κ1) is 110. The summed E-state index contributed by atoms with van der Waals surface area (Å²) in [6.45, 7) is 11.5. The fourth-order valence-corrected chi connectivity index (χ4v) is 11.8. The number of nitrogens with one attached hydrogen (secondary N) is 15. The molecule has 0 spiro atoms. The van der Waals surface area contributed by atoms with Crippen molar-refractivity contribution in [3.63, 3.8) is 0 Å². The maximum absolute atomic E-state index is 14.4. The Balaban J connectivity index is 3.48. The number of carbonyl (C=O) groups is 21. The number of carbonyl (C=O) groups excluding carboxylic acids is 18. The molecule has 0 radical (unpaired) electrons. The van der Waals surface area contributed by atoms with Gasteiger partial charge in [0.2, 0.25) is 106 Å². The van der Waals surface area contributed by atoms with Gasteiger partial charge in [-0.1, -0.05) is 105 Å². The number of carboxylic acid groups (broad SMARTS) is 3. The molecule has 0 aliphatic carbocycles. The van der Waals surface area contributed by atoms with Crippen molar-refractivity contribution in [3.05, 3.63) is 35.9 Å². The van der Waals surface area contributed by atoms with E-state index in [4.69, 9.17) is 45.9 Å². The summed E-state index contributed by atoms with van der Waals surface area (Å²) < 4.78 is 0. The highest BCUT2D eigenvalue weighted by molar-refractivity contribution is 6.02. The highest BCUT2D eigenvalue weighted by Crippen LogP contribution is 2.17. The van der Waals surface area contributed by atoms with E-state index in [-0.39, 0.29) is 102 Å². The molecule has 0 unspecified atom stereocenters. The Bertz CT molecular complexity index is 3980. The van der Waals surface area contributed by atoms with Crippen molar-refractivity contribution < 1.29 is 116 Å². The van der Waals surface area contributed by atoms with Gasteiger partial charge < -0.3 is 141 Å². The molecule has 49 heteroatoms. The van der Waals surface area contributed by atoms with Gasteiger partial charge in [-0.15, -0.1) is 0 Å². The van der Waals surface area contributed by atoms with Crippen LogP contribution < -0.4 is 126 Å². The highest BCUT2D eigenvalue weighted by Gasteiger charge is 2.40. The third-order valence-electron chi connectivity index (χ3n) is 19.3. The Hall–Kier alpha value is -13.4. The van der Waals surface area contributed by atoms with Gasteiger partial charge in [-0.2, -0.15) is 0 Å². The van der Waals surface area contributed by atoms with Crippen LogP contribution in [0.3, 0.4) is 0 Å². The molecule has 0 fully saturated rings. The van der Waals surface area contributed by atoms with Crippen LogP contribution in [-0.2, 0) is 107 Å². The quantitative estimate of drug-likeness (QED) is 0.0164. The second-order valence-electron chi connectivity index (χ2n) is 30.1. The Labute approximate surface area is 721 Å². The Morgan fingerprint density at radius 2 is 0.696 bits per heavy atom. The number of nitrogens with two attached hydrogens (primary N) is 8. The van der Waals surface area contributed by atoms with Gasteiger partial charge in [0.15, 0.2) is 11.9 Å². The van der Waals surface area contributed by atoms with Crippen LogP contribution in [0.2, 0.25) is 0 Å². The molecule has 0 saturated carbocycles. The SMILES string of the molecule is CC[C@H](C)[C@H](NC(=O)[C@H](C)NC(=O)[C@H](CC(C)C)NC(=O)[C@H](CCC(N)=O)NC(=O)[C@H](CCCN=C(N)N)NC(=O)CNC(=O)[C@H](Cc1ccccc1)NC(=O)[C@H](CCC(N)=O)NC(=O)CN)C(=O)N[C@H](C(=O)NCC(=O)N[C@@H](CC(=O)O)C(=O)N[C@@H](CC(=O)O)C(=O)N[C@H](C(=O)N[C@@H](CC(N)=O)C(=O)N[C@@H](CCCN=C(N)N)C(=O)O)[C@@H](C)CC)[C@@H](C)CC. The molecule has 0 aromatic heterocycles. The number of aliphatic carboxylic acids is 3. The van der Waals surface area contributed by atoms with E-state index in [2.05, 4.69) is 84.4 Å². The predicted octanol–water partition coefficient (Wildman–Crippen LogP) is -9.53. The topological polar surface area (TPSA) is 832 Å². The zero-order chi connectivity index (χ0) is 95.1. The van der Waals surface area contributed by atoms with E-state index in [0.29, 0.717) is 5.56 Å². The van der Waals surface area contributed by atoms with E-state index < -0.39 is 272 Å². The van der Waals surface area contributed by atoms with Gasteiger partial charge in [-0.3, -0.25) is 106 Å². The van der Waals surface area contributed by atoms with Crippen molar-refractivity contribution in [3.8, 4) is 0 Å². The Kier molecular flexibility index (Phi) is 50.0. The van der Waals surface area contributed by atoms with E-state index in [1.165, 1.54) is 13.8 Å². The number of rotatable bonds is 61. The highest BCUT2D eigenvalue weighted by atomic mass is 16.4. The van der Waals surface area contributed by atoms with E-state index >= 15 is 0 Å². The number of carboxylic acids is 3. The number of amides is 18. The van der Waals surface area contributed by atoms with Crippen LogP contribution >= 0.6 is 0 Å². The van der Waals surface area contributed by atoms with Crippen LogP contribution in [0.15, 0.2) is 40.3 Å². The molecule has 1 aromatic carbocycles. The molecular formula is C76H125N25O24. The minimum atomic E-state index is -2.13. The van der Waals surface area contributed by atoms with Crippen LogP contribution in [0.5, 0.6) is 0 Å². The minimum Gasteiger partial charge on any atom is -0.481 e. The molecule has 49 nitrogen and oxygen atoms in total. The molecule has 34 N–H and O–H groups in total. The fraction of sp³-hybridized carbons (Fsp3) is 0.618. The van der Waals surface area contributed by atoms with Crippen LogP contribution in [0.4, 0.5) is 0 Å². The van der Waals surface area contributed by atoms with Crippen molar-refractivity contribution in [1.82, 2.24) is 79.8 Å². The lowest BCUT2D eigenvalue weighted by atomic mass is 9.94. The van der Waals surface area contributed by atoms with Crippen molar-refractivity contribution >= 4 is 136 Å². The second kappa shape index (κ2) is 57.0. The molecule has 698 valence electrons. The molecule has 0 aliphatic rings. The molecule has 18 amide bonds.